The zero-order chi connectivity index (χ0) is 15.6. The number of carboxylic acid groups (broad SMARTS) is 1. The molecule has 8 nitrogen and oxygen atoms in total. The van der Waals surface area contributed by atoms with Gasteiger partial charge in [-0.2, -0.15) is 0 Å². The van der Waals surface area contributed by atoms with Crippen LogP contribution < -0.4 is 4.90 Å². The fraction of sp³-hybridized carbons (Fsp3) is 0.308. The van der Waals surface area contributed by atoms with E-state index in [0.717, 1.165) is 6.07 Å². The summed E-state index contributed by atoms with van der Waals surface area (Å²) in [6.07, 6.45) is 0.806. The number of hydrogen-bond donors (Lipinski definition) is 1. The summed E-state index contributed by atoms with van der Waals surface area (Å²) in [4.78, 5) is 45.4. The lowest BCUT2D eigenvalue weighted by molar-refractivity contribution is -0.384. The summed E-state index contributed by atoms with van der Waals surface area (Å²) in [7, 11) is 0. The van der Waals surface area contributed by atoms with Crippen molar-refractivity contribution >= 4 is 29.0 Å². The van der Waals surface area contributed by atoms with Crippen LogP contribution in [0.3, 0.4) is 0 Å². The predicted molar refractivity (Wildman–Crippen MR) is 71.3 cm³/mol. The van der Waals surface area contributed by atoms with Crippen LogP contribution in [0.5, 0.6) is 0 Å². The standard InChI is InChI=1S/C13H12N2O6/c16-11(17)3-1-2-6-14-10-5-4-8(15(20)21)7-9(10)12(18)13(14)19/h4-5,7H,1-3,6H2,(H,16,17). The van der Waals surface area contributed by atoms with E-state index in [9.17, 15) is 24.5 Å². The van der Waals surface area contributed by atoms with Crippen molar-refractivity contribution in [3.8, 4) is 0 Å². The second-order valence-corrected chi connectivity index (χ2v) is 4.60. The maximum atomic E-state index is 11.9. The van der Waals surface area contributed by atoms with E-state index in [2.05, 4.69) is 0 Å². The summed E-state index contributed by atoms with van der Waals surface area (Å²) >= 11 is 0. The molecule has 21 heavy (non-hydrogen) atoms. The Morgan fingerprint density at radius 3 is 2.62 bits per heavy atom. The summed E-state index contributed by atoms with van der Waals surface area (Å²) in [6.45, 7) is 0.211. The molecule has 0 saturated heterocycles. The predicted octanol–water partition coefficient (Wildman–Crippen LogP) is 1.38. The molecular weight excluding hydrogens is 280 g/mol. The van der Waals surface area contributed by atoms with E-state index < -0.39 is 22.6 Å². The molecule has 0 aliphatic carbocycles. The number of nitrogens with zero attached hydrogens (tertiary/aromatic N) is 2. The highest BCUT2D eigenvalue weighted by atomic mass is 16.6. The third-order valence-electron chi connectivity index (χ3n) is 3.19. The minimum Gasteiger partial charge on any atom is -0.481 e. The van der Waals surface area contributed by atoms with Crippen LogP contribution in [0.15, 0.2) is 18.2 Å². The average molecular weight is 292 g/mol. The molecule has 2 rings (SSSR count). The van der Waals surface area contributed by atoms with Crippen molar-refractivity contribution in [1.82, 2.24) is 0 Å². The number of carboxylic acids is 1. The molecule has 0 unspecified atom stereocenters. The number of ketones is 1. The summed E-state index contributed by atoms with van der Waals surface area (Å²) in [5.41, 5.74) is 0.112. The minimum atomic E-state index is -0.921. The van der Waals surface area contributed by atoms with Gasteiger partial charge in [-0.3, -0.25) is 24.5 Å². The number of benzene rings is 1. The summed E-state index contributed by atoms with van der Waals surface area (Å²) < 4.78 is 0. The molecule has 0 bridgehead atoms. The monoisotopic (exact) mass is 292 g/mol. The van der Waals surface area contributed by atoms with Gasteiger partial charge in [0.15, 0.2) is 0 Å². The number of amides is 1. The molecule has 0 atom stereocenters. The molecule has 0 aromatic heterocycles. The van der Waals surface area contributed by atoms with Gasteiger partial charge in [0.1, 0.15) is 0 Å². The summed E-state index contributed by atoms with van der Waals surface area (Å²) in [5, 5.41) is 19.2. The second-order valence-electron chi connectivity index (χ2n) is 4.60. The van der Waals surface area contributed by atoms with Gasteiger partial charge in [0.25, 0.3) is 17.4 Å². The number of Topliss-reactive ketones (excluding diaryl/α,β-unsaturated/α-hetero) is 1. The Kier molecular flexibility index (Phi) is 3.97. The Labute approximate surface area is 119 Å². The summed E-state index contributed by atoms with van der Waals surface area (Å²) in [6, 6.07) is 3.69. The van der Waals surface area contributed by atoms with Gasteiger partial charge in [-0.15, -0.1) is 0 Å². The van der Waals surface area contributed by atoms with Crippen LogP contribution in [0.2, 0.25) is 0 Å². The van der Waals surface area contributed by atoms with Gasteiger partial charge in [0.05, 0.1) is 16.2 Å². The number of fused-ring (bicyclic) bond motifs is 1. The fourth-order valence-corrected chi connectivity index (χ4v) is 2.17. The number of carbonyl (C=O) groups is 3. The lowest BCUT2D eigenvalue weighted by Gasteiger charge is -2.15. The lowest BCUT2D eigenvalue weighted by atomic mass is 10.1. The fourth-order valence-electron chi connectivity index (χ4n) is 2.17. The first-order valence-electron chi connectivity index (χ1n) is 6.28. The molecule has 0 spiro atoms. The van der Waals surface area contributed by atoms with Gasteiger partial charge < -0.3 is 10.0 Å². The Morgan fingerprint density at radius 2 is 2.00 bits per heavy atom. The quantitative estimate of drug-likeness (QED) is 0.366. The molecule has 1 aromatic carbocycles. The van der Waals surface area contributed by atoms with Crippen LogP contribution >= 0.6 is 0 Å². The Hall–Kier alpha value is -2.77. The van der Waals surface area contributed by atoms with Crippen molar-refractivity contribution in [2.45, 2.75) is 19.3 Å². The molecular formula is C13H12N2O6. The van der Waals surface area contributed by atoms with Crippen LogP contribution in [0, 0.1) is 10.1 Å². The van der Waals surface area contributed by atoms with Gasteiger partial charge in [-0.05, 0) is 18.9 Å². The van der Waals surface area contributed by atoms with E-state index in [1.807, 2.05) is 0 Å². The van der Waals surface area contributed by atoms with Gasteiger partial charge in [-0.1, -0.05) is 0 Å². The first kappa shape index (κ1) is 14.6. The van der Waals surface area contributed by atoms with Crippen LogP contribution in [0.25, 0.3) is 0 Å². The Balaban J connectivity index is 2.16. The number of unbranched alkanes of at least 4 members (excludes halogenated alkanes) is 1. The molecule has 0 fully saturated rings. The van der Waals surface area contributed by atoms with E-state index >= 15 is 0 Å². The number of hydrogen-bond acceptors (Lipinski definition) is 5. The zero-order valence-corrected chi connectivity index (χ0v) is 10.9. The van der Waals surface area contributed by atoms with Crippen LogP contribution in [0.4, 0.5) is 11.4 Å². The molecule has 1 aliphatic heterocycles. The smallest absolute Gasteiger partial charge is 0.303 e. The van der Waals surface area contributed by atoms with Crippen molar-refractivity contribution in [1.29, 1.82) is 0 Å². The molecule has 1 N–H and O–H groups in total. The number of rotatable bonds is 6. The number of anilines is 1. The molecule has 0 radical (unpaired) electrons. The SMILES string of the molecule is O=C(O)CCCCN1C(=O)C(=O)c2cc([N+](=O)[O-])ccc21. The molecule has 1 aliphatic rings. The van der Waals surface area contributed by atoms with E-state index in [0.29, 0.717) is 18.5 Å². The van der Waals surface area contributed by atoms with Crippen molar-refractivity contribution in [2.24, 2.45) is 0 Å². The topological polar surface area (TPSA) is 118 Å². The molecule has 1 heterocycles. The number of non-ortho nitro benzene ring substituents is 1. The number of nitro groups is 1. The molecule has 8 heteroatoms. The largest absolute Gasteiger partial charge is 0.481 e. The van der Waals surface area contributed by atoms with Gasteiger partial charge >= 0.3 is 5.97 Å². The van der Waals surface area contributed by atoms with Gasteiger partial charge in [0, 0.05) is 25.1 Å². The molecule has 1 aromatic rings. The Morgan fingerprint density at radius 1 is 1.29 bits per heavy atom. The van der Waals surface area contributed by atoms with Crippen molar-refractivity contribution in [3.63, 3.8) is 0 Å². The van der Waals surface area contributed by atoms with Gasteiger partial charge in [-0.25, -0.2) is 0 Å². The van der Waals surface area contributed by atoms with E-state index in [4.69, 9.17) is 5.11 Å². The highest BCUT2D eigenvalue weighted by Gasteiger charge is 2.36. The minimum absolute atomic E-state index is 0.0108. The second kappa shape index (κ2) is 5.70. The van der Waals surface area contributed by atoms with Crippen molar-refractivity contribution < 1.29 is 24.4 Å². The number of nitro benzene ring substituents is 1. The first-order valence-corrected chi connectivity index (χ1v) is 6.28. The van der Waals surface area contributed by atoms with Crippen molar-refractivity contribution in [2.75, 3.05) is 11.4 Å². The highest BCUT2D eigenvalue weighted by Crippen LogP contribution is 2.32. The summed E-state index contributed by atoms with van der Waals surface area (Å²) in [5.74, 6) is -2.43. The number of aliphatic carboxylic acids is 1. The molecule has 110 valence electrons. The Bertz CT molecular complexity index is 640. The van der Waals surface area contributed by atoms with Crippen LogP contribution in [0.1, 0.15) is 29.6 Å². The van der Waals surface area contributed by atoms with E-state index in [-0.39, 0.29) is 24.2 Å². The maximum Gasteiger partial charge on any atom is 0.303 e. The van der Waals surface area contributed by atoms with E-state index in [1.165, 1.54) is 17.0 Å². The van der Waals surface area contributed by atoms with Crippen LogP contribution in [-0.4, -0.2) is 34.2 Å². The average Bonchev–Trinajstić information content (AvgIpc) is 2.67. The van der Waals surface area contributed by atoms with Gasteiger partial charge in [0.2, 0.25) is 0 Å². The van der Waals surface area contributed by atoms with Crippen molar-refractivity contribution in [3.05, 3.63) is 33.9 Å². The lowest BCUT2D eigenvalue weighted by Crippen LogP contribution is -2.30. The highest BCUT2D eigenvalue weighted by molar-refractivity contribution is 6.52. The van der Waals surface area contributed by atoms with E-state index in [1.54, 1.807) is 0 Å². The zero-order valence-electron chi connectivity index (χ0n) is 10.9. The maximum absolute atomic E-state index is 11.9. The number of carbonyl (C=O) groups excluding carboxylic acids is 2. The first-order chi connectivity index (χ1) is 9.91. The third-order valence-corrected chi connectivity index (χ3v) is 3.19. The third kappa shape index (κ3) is 2.88. The molecule has 0 saturated carbocycles. The molecule has 1 amide bonds. The normalized spacial score (nSPS) is 13.4. The van der Waals surface area contributed by atoms with Crippen LogP contribution in [-0.2, 0) is 9.59 Å².